The third-order valence-corrected chi connectivity index (χ3v) is 2.54. The maximum Gasteiger partial charge on any atom is 0.290 e. The van der Waals surface area contributed by atoms with E-state index in [2.05, 4.69) is 17.4 Å². The number of hydrogen-bond donors (Lipinski definition) is 2. The molecule has 1 aliphatic rings. The molecule has 1 atom stereocenters. The fraction of sp³-hybridized carbons (Fsp3) is 0.333. The van der Waals surface area contributed by atoms with Gasteiger partial charge in [0.1, 0.15) is 0 Å². The number of benzene rings is 1. The fourth-order valence-electron chi connectivity index (χ4n) is 1.74. The number of carboxylic acid groups (broad SMARTS) is 1. The number of carbonyl (C=O) groups excluding carboxylic acids is 1. The maximum absolute atomic E-state index is 10.9. The molecule has 0 aliphatic carbocycles. The predicted molar refractivity (Wildman–Crippen MR) is 60.1 cm³/mol. The van der Waals surface area contributed by atoms with Crippen molar-refractivity contribution >= 4 is 12.4 Å². The van der Waals surface area contributed by atoms with Crippen molar-refractivity contribution in [2.45, 2.75) is 18.8 Å². The summed E-state index contributed by atoms with van der Waals surface area (Å²) in [6.45, 7) is 0.544. The second kappa shape index (κ2) is 6.61. The normalized spacial score (nSPS) is 19.0. The molecule has 4 nitrogen and oxygen atoms in total. The Morgan fingerprint density at radius 2 is 1.94 bits per heavy atom. The van der Waals surface area contributed by atoms with E-state index >= 15 is 0 Å². The second-order valence-corrected chi connectivity index (χ2v) is 3.56. The first-order valence-electron chi connectivity index (χ1n) is 5.17. The van der Waals surface area contributed by atoms with Crippen LogP contribution < -0.4 is 5.32 Å². The van der Waals surface area contributed by atoms with E-state index in [0.29, 0.717) is 12.3 Å². The Morgan fingerprint density at radius 3 is 2.44 bits per heavy atom. The molecule has 0 radical (unpaired) electrons. The lowest BCUT2D eigenvalue weighted by atomic mass is 9.92. The van der Waals surface area contributed by atoms with E-state index in [1.807, 2.05) is 18.2 Å². The number of carbonyl (C=O) groups is 2. The molecule has 1 fully saturated rings. The maximum atomic E-state index is 10.9. The number of piperidine rings is 1. The molecule has 1 saturated heterocycles. The molecule has 1 aromatic carbocycles. The molecule has 86 valence electrons. The lowest BCUT2D eigenvalue weighted by Gasteiger charge is -2.22. The Hall–Kier alpha value is -1.84. The smallest absolute Gasteiger partial charge is 0.290 e. The summed E-state index contributed by atoms with van der Waals surface area (Å²) in [6.07, 6.45) is 1.65. The van der Waals surface area contributed by atoms with Crippen molar-refractivity contribution in [2.24, 2.45) is 0 Å². The van der Waals surface area contributed by atoms with Crippen LogP contribution in [0.15, 0.2) is 30.3 Å². The molecule has 0 saturated carbocycles. The van der Waals surface area contributed by atoms with Gasteiger partial charge in [-0.3, -0.25) is 9.59 Å². The van der Waals surface area contributed by atoms with Crippen LogP contribution in [0.25, 0.3) is 0 Å². The second-order valence-electron chi connectivity index (χ2n) is 3.56. The number of rotatable bonds is 1. The first kappa shape index (κ1) is 12.2. The third-order valence-electron chi connectivity index (χ3n) is 2.54. The largest absolute Gasteiger partial charge is 0.483 e. The predicted octanol–water partition coefficient (Wildman–Crippen LogP) is 1.38. The highest BCUT2D eigenvalue weighted by atomic mass is 16.3. The molecule has 2 rings (SSSR count). The van der Waals surface area contributed by atoms with Gasteiger partial charge in [-0.15, -0.1) is 0 Å². The summed E-state index contributed by atoms with van der Waals surface area (Å²) in [5.74, 6) is 0.700. The first-order chi connectivity index (χ1) is 7.77. The lowest BCUT2D eigenvalue weighted by Crippen LogP contribution is -2.33. The van der Waals surface area contributed by atoms with E-state index < -0.39 is 0 Å². The van der Waals surface area contributed by atoms with E-state index in [1.54, 1.807) is 0 Å². The number of hydrogen-bond acceptors (Lipinski definition) is 2. The molecule has 0 aromatic heterocycles. The van der Waals surface area contributed by atoms with Gasteiger partial charge in [0.05, 0.1) is 0 Å². The highest BCUT2D eigenvalue weighted by Crippen LogP contribution is 2.22. The van der Waals surface area contributed by atoms with Crippen LogP contribution in [0, 0.1) is 0 Å². The van der Waals surface area contributed by atoms with Gasteiger partial charge in [-0.05, 0) is 12.0 Å². The Balaban J connectivity index is 0.000000386. The van der Waals surface area contributed by atoms with Crippen LogP contribution in [0.5, 0.6) is 0 Å². The zero-order valence-corrected chi connectivity index (χ0v) is 8.93. The van der Waals surface area contributed by atoms with Gasteiger partial charge >= 0.3 is 0 Å². The van der Waals surface area contributed by atoms with Gasteiger partial charge in [-0.25, -0.2) is 0 Å². The Morgan fingerprint density at radius 1 is 1.31 bits per heavy atom. The molecule has 0 spiro atoms. The zero-order chi connectivity index (χ0) is 11.8. The van der Waals surface area contributed by atoms with E-state index in [-0.39, 0.29) is 12.4 Å². The van der Waals surface area contributed by atoms with Gasteiger partial charge in [0.15, 0.2) is 0 Å². The van der Waals surface area contributed by atoms with Crippen molar-refractivity contribution in [1.82, 2.24) is 5.32 Å². The van der Waals surface area contributed by atoms with Gasteiger partial charge in [0, 0.05) is 18.9 Å². The average molecular weight is 221 g/mol. The van der Waals surface area contributed by atoms with Crippen LogP contribution in [0.4, 0.5) is 0 Å². The molecule has 0 bridgehead atoms. The zero-order valence-electron chi connectivity index (χ0n) is 8.93. The number of nitrogens with one attached hydrogen (secondary N) is 1. The quantitative estimate of drug-likeness (QED) is 0.704. The van der Waals surface area contributed by atoms with Gasteiger partial charge in [0.2, 0.25) is 5.91 Å². The SMILES string of the molecule is O=C1CCC(c2ccccc2)CN1.O=CO. The first-order valence-corrected chi connectivity index (χ1v) is 5.17. The molecule has 2 N–H and O–H groups in total. The van der Waals surface area contributed by atoms with Crippen LogP contribution in [0.3, 0.4) is 0 Å². The van der Waals surface area contributed by atoms with Crippen molar-refractivity contribution in [1.29, 1.82) is 0 Å². The van der Waals surface area contributed by atoms with Gasteiger partial charge in [-0.1, -0.05) is 30.3 Å². The fourth-order valence-corrected chi connectivity index (χ4v) is 1.74. The summed E-state index contributed by atoms with van der Waals surface area (Å²) in [5, 5.41) is 9.78. The van der Waals surface area contributed by atoms with Crippen molar-refractivity contribution in [3.8, 4) is 0 Å². The molecule has 4 heteroatoms. The Labute approximate surface area is 94.3 Å². The summed E-state index contributed by atoms with van der Waals surface area (Å²) in [7, 11) is 0. The van der Waals surface area contributed by atoms with Crippen LogP contribution in [0.2, 0.25) is 0 Å². The summed E-state index contributed by atoms with van der Waals surface area (Å²) in [5.41, 5.74) is 1.34. The summed E-state index contributed by atoms with van der Waals surface area (Å²) in [6, 6.07) is 10.4. The Kier molecular flexibility index (Phi) is 5.05. The number of amides is 1. The molecular formula is C12H15NO3. The van der Waals surface area contributed by atoms with Crippen LogP contribution in [-0.2, 0) is 9.59 Å². The van der Waals surface area contributed by atoms with Gasteiger partial charge in [-0.2, -0.15) is 0 Å². The van der Waals surface area contributed by atoms with E-state index in [4.69, 9.17) is 9.90 Å². The van der Waals surface area contributed by atoms with Crippen LogP contribution in [0.1, 0.15) is 24.3 Å². The Bertz CT molecular complexity index is 327. The minimum Gasteiger partial charge on any atom is -0.483 e. The monoisotopic (exact) mass is 221 g/mol. The lowest BCUT2D eigenvalue weighted by molar-refractivity contribution is -0.123. The van der Waals surface area contributed by atoms with Crippen molar-refractivity contribution in [3.63, 3.8) is 0 Å². The van der Waals surface area contributed by atoms with Gasteiger partial charge in [0.25, 0.3) is 6.47 Å². The van der Waals surface area contributed by atoms with Crippen molar-refractivity contribution in [3.05, 3.63) is 35.9 Å². The highest BCUT2D eigenvalue weighted by molar-refractivity contribution is 5.76. The van der Waals surface area contributed by atoms with Crippen LogP contribution in [-0.4, -0.2) is 24.0 Å². The van der Waals surface area contributed by atoms with E-state index in [1.165, 1.54) is 5.56 Å². The standard InChI is InChI=1S/C11H13NO.CH2O2/c13-11-7-6-10(8-12-11)9-4-2-1-3-5-9;2-1-3/h1-5,10H,6-8H2,(H,12,13);1H,(H,2,3). The summed E-state index contributed by atoms with van der Waals surface area (Å²) < 4.78 is 0. The highest BCUT2D eigenvalue weighted by Gasteiger charge is 2.18. The minimum absolute atomic E-state index is 0.187. The average Bonchev–Trinajstić information content (AvgIpc) is 2.32. The summed E-state index contributed by atoms with van der Waals surface area (Å²) in [4.78, 5) is 19.3. The third kappa shape index (κ3) is 3.73. The van der Waals surface area contributed by atoms with Crippen LogP contribution >= 0.6 is 0 Å². The van der Waals surface area contributed by atoms with E-state index in [9.17, 15) is 4.79 Å². The molecule has 16 heavy (non-hydrogen) atoms. The topological polar surface area (TPSA) is 66.4 Å². The van der Waals surface area contributed by atoms with Crippen molar-refractivity contribution < 1.29 is 14.7 Å². The molecule has 1 aliphatic heterocycles. The molecule has 1 amide bonds. The molecule has 1 unspecified atom stereocenters. The molecular weight excluding hydrogens is 206 g/mol. The van der Waals surface area contributed by atoms with Gasteiger partial charge < -0.3 is 10.4 Å². The molecule has 1 heterocycles. The summed E-state index contributed by atoms with van der Waals surface area (Å²) >= 11 is 0. The van der Waals surface area contributed by atoms with E-state index in [0.717, 1.165) is 13.0 Å². The molecule has 1 aromatic rings. The minimum atomic E-state index is -0.250. The van der Waals surface area contributed by atoms with Crippen molar-refractivity contribution in [2.75, 3.05) is 6.54 Å².